The van der Waals surface area contributed by atoms with Gasteiger partial charge in [0.2, 0.25) is 0 Å². The van der Waals surface area contributed by atoms with E-state index in [1.54, 1.807) is 14.0 Å². The van der Waals surface area contributed by atoms with E-state index in [4.69, 9.17) is 0 Å². The molecule has 0 amide bonds. The van der Waals surface area contributed by atoms with Gasteiger partial charge < -0.3 is 5.11 Å². The Balaban J connectivity index is 2.18. The van der Waals surface area contributed by atoms with Crippen molar-refractivity contribution in [1.82, 2.24) is 20.2 Å². The number of benzene rings is 1. The molecule has 0 aliphatic rings. The summed E-state index contributed by atoms with van der Waals surface area (Å²) in [5.41, 5.74) is 1.15. The molecule has 0 radical (unpaired) electrons. The monoisotopic (exact) mass is 246 g/mol. The van der Waals surface area contributed by atoms with Crippen LogP contribution >= 0.6 is 0 Å². The molecule has 0 aliphatic heterocycles. The van der Waals surface area contributed by atoms with E-state index in [-0.39, 0.29) is 0 Å². The van der Waals surface area contributed by atoms with Gasteiger partial charge >= 0.3 is 0 Å². The molecule has 0 aliphatic carbocycles. The van der Waals surface area contributed by atoms with E-state index in [1.807, 2.05) is 24.3 Å². The van der Waals surface area contributed by atoms with Crippen LogP contribution in [-0.2, 0) is 25.5 Å². The van der Waals surface area contributed by atoms with Crippen LogP contribution in [0.5, 0.6) is 0 Å². The average Bonchev–Trinajstić information content (AvgIpc) is 2.74. The average molecular weight is 246 g/mol. The first-order valence-corrected chi connectivity index (χ1v) is 6.06. The van der Waals surface area contributed by atoms with E-state index < -0.39 is 5.60 Å². The van der Waals surface area contributed by atoms with Gasteiger partial charge in [0.1, 0.15) is 0 Å². The molecule has 18 heavy (non-hydrogen) atoms. The standard InChI is InChI=1S/C13H18N4O/c1-4-10-5-7-11(8-6-10)13(2,18)9-12-14-16-17(3)15-12/h5-8,18H,4,9H2,1-3H3. The van der Waals surface area contributed by atoms with Crippen LogP contribution in [0.25, 0.3) is 0 Å². The number of rotatable bonds is 4. The van der Waals surface area contributed by atoms with Gasteiger partial charge in [0.15, 0.2) is 5.82 Å². The quantitative estimate of drug-likeness (QED) is 0.881. The van der Waals surface area contributed by atoms with Crippen LogP contribution in [0.1, 0.15) is 30.8 Å². The van der Waals surface area contributed by atoms with E-state index in [1.165, 1.54) is 10.4 Å². The van der Waals surface area contributed by atoms with Crippen LogP contribution in [-0.4, -0.2) is 25.3 Å². The van der Waals surface area contributed by atoms with Gasteiger partial charge in [-0.3, -0.25) is 0 Å². The zero-order chi connectivity index (χ0) is 13.2. The van der Waals surface area contributed by atoms with Gasteiger partial charge in [-0.05, 0) is 29.7 Å². The summed E-state index contributed by atoms with van der Waals surface area (Å²) in [7, 11) is 1.71. The molecule has 1 N–H and O–H groups in total. The number of nitrogens with zero attached hydrogens (tertiary/aromatic N) is 4. The van der Waals surface area contributed by atoms with Crippen molar-refractivity contribution in [2.75, 3.05) is 0 Å². The Morgan fingerprint density at radius 3 is 2.44 bits per heavy atom. The number of hydrogen-bond acceptors (Lipinski definition) is 4. The second-order valence-electron chi connectivity index (χ2n) is 4.70. The largest absolute Gasteiger partial charge is 0.385 e. The van der Waals surface area contributed by atoms with Crippen molar-refractivity contribution in [2.24, 2.45) is 7.05 Å². The summed E-state index contributed by atoms with van der Waals surface area (Å²) in [6, 6.07) is 7.98. The van der Waals surface area contributed by atoms with Crippen molar-refractivity contribution in [3.05, 3.63) is 41.2 Å². The fourth-order valence-electron chi connectivity index (χ4n) is 1.90. The summed E-state index contributed by atoms with van der Waals surface area (Å²) < 4.78 is 0. The van der Waals surface area contributed by atoms with E-state index in [0.717, 1.165) is 12.0 Å². The molecule has 0 saturated heterocycles. The normalized spacial score (nSPS) is 14.4. The lowest BCUT2D eigenvalue weighted by Gasteiger charge is -2.22. The molecule has 1 atom stereocenters. The molecular formula is C13H18N4O. The molecule has 0 bridgehead atoms. The zero-order valence-electron chi connectivity index (χ0n) is 11.0. The van der Waals surface area contributed by atoms with Gasteiger partial charge in [-0.1, -0.05) is 31.2 Å². The molecule has 2 rings (SSSR count). The Morgan fingerprint density at radius 1 is 1.28 bits per heavy atom. The number of aromatic nitrogens is 4. The highest BCUT2D eigenvalue weighted by atomic mass is 16.3. The molecule has 1 aromatic carbocycles. The highest BCUT2D eigenvalue weighted by Crippen LogP contribution is 2.24. The Morgan fingerprint density at radius 2 is 1.94 bits per heavy atom. The minimum absolute atomic E-state index is 0.353. The van der Waals surface area contributed by atoms with Gasteiger partial charge in [-0.25, -0.2) is 0 Å². The second kappa shape index (κ2) is 4.86. The maximum absolute atomic E-state index is 10.5. The second-order valence-corrected chi connectivity index (χ2v) is 4.70. The molecule has 2 aromatic rings. The van der Waals surface area contributed by atoms with E-state index >= 15 is 0 Å². The fraction of sp³-hybridized carbons (Fsp3) is 0.462. The first-order valence-electron chi connectivity index (χ1n) is 6.06. The first-order chi connectivity index (χ1) is 8.51. The molecule has 1 heterocycles. The Hall–Kier alpha value is -1.75. The number of tetrazole rings is 1. The number of aryl methyl sites for hydroxylation is 2. The summed E-state index contributed by atoms with van der Waals surface area (Å²) in [6.45, 7) is 3.88. The molecule has 0 spiro atoms. The van der Waals surface area contributed by atoms with Gasteiger partial charge in [0, 0.05) is 6.42 Å². The van der Waals surface area contributed by atoms with Crippen LogP contribution in [0.15, 0.2) is 24.3 Å². The number of aliphatic hydroxyl groups is 1. The van der Waals surface area contributed by atoms with Gasteiger partial charge in [0.25, 0.3) is 0 Å². The lowest BCUT2D eigenvalue weighted by Crippen LogP contribution is -2.25. The van der Waals surface area contributed by atoms with Gasteiger partial charge in [-0.2, -0.15) is 4.80 Å². The van der Waals surface area contributed by atoms with Crippen molar-refractivity contribution in [3.8, 4) is 0 Å². The summed E-state index contributed by atoms with van der Waals surface area (Å²) in [4.78, 5) is 1.39. The number of hydrogen-bond donors (Lipinski definition) is 1. The smallest absolute Gasteiger partial charge is 0.178 e. The zero-order valence-corrected chi connectivity index (χ0v) is 11.0. The highest BCUT2D eigenvalue weighted by molar-refractivity contribution is 5.27. The van der Waals surface area contributed by atoms with Crippen LogP contribution < -0.4 is 0 Å². The lowest BCUT2D eigenvalue weighted by atomic mass is 9.91. The van der Waals surface area contributed by atoms with Crippen LogP contribution in [0, 0.1) is 0 Å². The molecule has 1 aromatic heterocycles. The molecule has 0 fully saturated rings. The molecule has 96 valence electrons. The van der Waals surface area contributed by atoms with Crippen molar-refractivity contribution >= 4 is 0 Å². The Kier molecular flexibility index (Phi) is 3.43. The topological polar surface area (TPSA) is 63.8 Å². The highest BCUT2D eigenvalue weighted by Gasteiger charge is 2.25. The van der Waals surface area contributed by atoms with Crippen molar-refractivity contribution in [2.45, 2.75) is 32.3 Å². The van der Waals surface area contributed by atoms with Crippen LogP contribution in [0.2, 0.25) is 0 Å². The minimum Gasteiger partial charge on any atom is -0.385 e. The molecule has 1 unspecified atom stereocenters. The maximum Gasteiger partial charge on any atom is 0.178 e. The van der Waals surface area contributed by atoms with Gasteiger partial charge in [-0.15, -0.1) is 10.2 Å². The summed E-state index contributed by atoms with van der Waals surface area (Å²) in [5.74, 6) is 0.544. The predicted molar refractivity (Wildman–Crippen MR) is 67.9 cm³/mol. The SMILES string of the molecule is CCc1ccc(C(C)(O)Cc2nnn(C)n2)cc1. The Labute approximate surface area is 106 Å². The van der Waals surface area contributed by atoms with E-state index in [0.29, 0.717) is 12.2 Å². The molecular weight excluding hydrogens is 228 g/mol. The Bertz CT molecular complexity index is 516. The molecule has 0 saturated carbocycles. The van der Waals surface area contributed by atoms with Crippen molar-refractivity contribution in [1.29, 1.82) is 0 Å². The van der Waals surface area contributed by atoms with E-state index in [2.05, 4.69) is 22.3 Å². The molecule has 5 heteroatoms. The van der Waals surface area contributed by atoms with Crippen LogP contribution in [0.3, 0.4) is 0 Å². The van der Waals surface area contributed by atoms with Gasteiger partial charge in [0.05, 0.1) is 12.6 Å². The van der Waals surface area contributed by atoms with Crippen molar-refractivity contribution < 1.29 is 5.11 Å². The maximum atomic E-state index is 10.5. The third kappa shape index (κ3) is 2.73. The fourth-order valence-corrected chi connectivity index (χ4v) is 1.90. The molecule has 5 nitrogen and oxygen atoms in total. The summed E-state index contributed by atoms with van der Waals surface area (Å²) in [5, 5.41) is 22.3. The van der Waals surface area contributed by atoms with E-state index in [9.17, 15) is 5.11 Å². The van der Waals surface area contributed by atoms with Crippen LogP contribution in [0.4, 0.5) is 0 Å². The first kappa shape index (κ1) is 12.7. The summed E-state index contributed by atoms with van der Waals surface area (Å²) >= 11 is 0. The third-order valence-corrected chi connectivity index (χ3v) is 3.04. The van der Waals surface area contributed by atoms with Crippen molar-refractivity contribution in [3.63, 3.8) is 0 Å². The summed E-state index contributed by atoms with van der Waals surface area (Å²) in [6.07, 6.45) is 1.35. The third-order valence-electron chi connectivity index (χ3n) is 3.04. The predicted octanol–water partition coefficient (Wildman–Crippen LogP) is 1.22. The minimum atomic E-state index is -0.977. The lowest BCUT2D eigenvalue weighted by molar-refractivity contribution is 0.0554.